The van der Waals surface area contributed by atoms with E-state index in [4.69, 9.17) is 4.52 Å². The molecule has 2 aromatic rings. The van der Waals surface area contributed by atoms with E-state index in [-0.39, 0.29) is 11.2 Å². The van der Waals surface area contributed by atoms with Gasteiger partial charge in [-0.3, -0.25) is 0 Å². The van der Waals surface area contributed by atoms with Gasteiger partial charge in [0.15, 0.2) is 11.7 Å². The monoisotopic (exact) mass is 372 g/mol. The van der Waals surface area contributed by atoms with Gasteiger partial charge in [-0.1, -0.05) is 37.6 Å². The van der Waals surface area contributed by atoms with E-state index in [1.165, 1.54) is 12.0 Å². The molecule has 1 aliphatic carbocycles. The lowest BCUT2D eigenvalue weighted by Gasteiger charge is -2.43. The Balaban J connectivity index is 1.65. The lowest BCUT2D eigenvalue weighted by Crippen LogP contribution is -2.48. The summed E-state index contributed by atoms with van der Waals surface area (Å²) in [6.07, 6.45) is 3.40. The fourth-order valence-corrected chi connectivity index (χ4v) is 3.40. The maximum Gasteiger partial charge on any atom is 0.191 e. The number of benzene rings is 1. The Labute approximate surface area is 160 Å². The first-order chi connectivity index (χ1) is 13.0. The van der Waals surface area contributed by atoms with Crippen LogP contribution in [0, 0.1) is 5.82 Å². The van der Waals surface area contributed by atoms with Crippen molar-refractivity contribution >= 4 is 5.96 Å². The first kappa shape index (κ1) is 19.4. The van der Waals surface area contributed by atoms with Gasteiger partial charge < -0.3 is 15.2 Å². The summed E-state index contributed by atoms with van der Waals surface area (Å²) >= 11 is 0. The lowest BCUT2D eigenvalue weighted by molar-refractivity contribution is 0.243. The van der Waals surface area contributed by atoms with Crippen molar-refractivity contribution in [3.63, 3.8) is 0 Å². The van der Waals surface area contributed by atoms with Crippen molar-refractivity contribution in [2.24, 2.45) is 4.99 Å². The highest BCUT2D eigenvalue weighted by Gasteiger charge is 2.38. The van der Waals surface area contributed by atoms with Crippen molar-refractivity contribution in [2.75, 3.05) is 13.1 Å². The Morgan fingerprint density at radius 1 is 1.26 bits per heavy atom. The first-order valence-electron chi connectivity index (χ1n) is 9.76. The molecule has 0 bridgehead atoms. The number of aliphatic imine (C=N–C) groups is 1. The Hall–Kier alpha value is -2.37. The summed E-state index contributed by atoms with van der Waals surface area (Å²) in [4.78, 5) is 4.63. The smallest absolute Gasteiger partial charge is 0.191 e. The highest BCUT2D eigenvalue weighted by Crippen LogP contribution is 2.43. The Bertz CT molecular complexity index is 763. The summed E-state index contributed by atoms with van der Waals surface area (Å²) in [5, 5.41) is 10.8. The molecule has 1 fully saturated rings. The van der Waals surface area contributed by atoms with Gasteiger partial charge in [0.1, 0.15) is 12.4 Å². The third-order valence-corrected chi connectivity index (χ3v) is 5.27. The van der Waals surface area contributed by atoms with Gasteiger partial charge in [-0.25, -0.2) is 9.38 Å². The van der Waals surface area contributed by atoms with Crippen LogP contribution in [0.25, 0.3) is 0 Å². The molecule has 0 saturated heterocycles. The maximum atomic E-state index is 13.3. The van der Waals surface area contributed by atoms with Crippen molar-refractivity contribution in [3.05, 3.63) is 53.2 Å². The number of nitrogens with one attached hydrogen (secondary N) is 2. The second-order valence-electron chi connectivity index (χ2n) is 7.56. The predicted molar refractivity (Wildman–Crippen MR) is 105 cm³/mol. The van der Waals surface area contributed by atoms with Gasteiger partial charge in [0.25, 0.3) is 0 Å². The standard InChI is InChI=1S/C21H29FN4O/c1-4-23-20(24-13-18-12-19(15(2)3)26-27-18)25-14-21(10-5-11-21)16-6-8-17(22)9-7-16/h6-9,12,15H,4-5,10-11,13-14H2,1-3H3,(H2,23,24,25). The molecule has 1 aromatic heterocycles. The third kappa shape index (κ3) is 4.67. The van der Waals surface area contributed by atoms with E-state index in [1.54, 1.807) is 12.1 Å². The van der Waals surface area contributed by atoms with E-state index >= 15 is 0 Å². The average Bonchev–Trinajstić information content (AvgIpc) is 3.09. The van der Waals surface area contributed by atoms with Gasteiger partial charge >= 0.3 is 0 Å². The lowest BCUT2D eigenvalue weighted by atomic mass is 9.64. The average molecular weight is 372 g/mol. The molecule has 2 N–H and O–H groups in total. The van der Waals surface area contributed by atoms with Crippen LogP contribution in [0.2, 0.25) is 0 Å². The van der Waals surface area contributed by atoms with Gasteiger partial charge in [-0.05, 0) is 43.4 Å². The zero-order chi connectivity index (χ0) is 19.3. The second kappa shape index (κ2) is 8.55. The molecule has 5 nitrogen and oxygen atoms in total. The van der Waals surface area contributed by atoms with E-state index in [1.807, 2.05) is 25.1 Å². The zero-order valence-electron chi connectivity index (χ0n) is 16.4. The maximum absolute atomic E-state index is 13.3. The largest absolute Gasteiger partial charge is 0.359 e. The van der Waals surface area contributed by atoms with E-state index in [9.17, 15) is 4.39 Å². The van der Waals surface area contributed by atoms with Crippen LogP contribution in [0.3, 0.4) is 0 Å². The van der Waals surface area contributed by atoms with Gasteiger partial charge in [0, 0.05) is 24.6 Å². The molecular weight excluding hydrogens is 343 g/mol. The summed E-state index contributed by atoms with van der Waals surface area (Å²) in [5.74, 6) is 1.66. The van der Waals surface area contributed by atoms with Crippen molar-refractivity contribution in [1.82, 2.24) is 15.8 Å². The van der Waals surface area contributed by atoms with E-state index < -0.39 is 0 Å². The van der Waals surface area contributed by atoms with Crippen LogP contribution in [-0.4, -0.2) is 24.2 Å². The van der Waals surface area contributed by atoms with Crippen molar-refractivity contribution in [2.45, 2.75) is 57.9 Å². The third-order valence-electron chi connectivity index (χ3n) is 5.27. The topological polar surface area (TPSA) is 62.5 Å². The molecule has 0 radical (unpaired) electrons. The normalized spacial score (nSPS) is 16.3. The van der Waals surface area contributed by atoms with Gasteiger partial charge in [-0.2, -0.15) is 0 Å². The van der Waals surface area contributed by atoms with E-state index in [0.717, 1.165) is 43.3 Å². The predicted octanol–water partition coefficient (Wildman–Crippen LogP) is 4.11. The Morgan fingerprint density at radius 2 is 2.00 bits per heavy atom. The van der Waals surface area contributed by atoms with Gasteiger partial charge in [0.2, 0.25) is 0 Å². The molecule has 0 amide bonds. The molecule has 0 spiro atoms. The number of nitrogens with zero attached hydrogens (tertiary/aromatic N) is 2. The quantitative estimate of drug-likeness (QED) is 0.567. The molecule has 27 heavy (non-hydrogen) atoms. The first-order valence-corrected chi connectivity index (χ1v) is 9.76. The van der Waals surface area contributed by atoms with Crippen molar-refractivity contribution in [3.8, 4) is 0 Å². The number of guanidine groups is 1. The van der Waals surface area contributed by atoms with Crippen LogP contribution in [0.1, 0.15) is 63.0 Å². The fraction of sp³-hybridized carbons (Fsp3) is 0.524. The summed E-state index contributed by atoms with van der Waals surface area (Å²) in [5.41, 5.74) is 2.19. The summed E-state index contributed by atoms with van der Waals surface area (Å²) in [6, 6.07) is 8.86. The highest BCUT2D eigenvalue weighted by molar-refractivity contribution is 5.79. The number of hydrogen-bond acceptors (Lipinski definition) is 3. The van der Waals surface area contributed by atoms with Crippen LogP contribution in [0.5, 0.6) is 0 Å². The molecule has 146 valence electrons. The molecule has 0 aliphatic heterocycles. The fourth-order valence-electron chi connectivity index (χ4n) is 3.40. The minimum Gasteiger partial charge on any atom is -0.359 e. The van der Waals surface area contributed by atoms with Crippen molar-refractivity contribution in [1.29, 1.82) is 0 Å². The number of rotatable bonds is 7. The van der Waals surface area contributed by atoms with E-state index in [0.29, 0.717) is 12.5 Å². The van der Waals surface area contributed by atoms with Gasteiger partial charge in [-0.15, -0.1) is 0 Å². The van der Waals surface area contributed by atoms with Crippen LogP contribution in [0.15, 0.2) is 39.8 Å². The minimum atomic E-state index is -0.191. The van der Waals surface area contributed by atoms with Gasteiger partial charge in [0.05, 0.1) is 5.69 Å². The zero-order valence-corrected chi connectivity index (χ0v) is 16.4. The molecule has 3 rings (SSSR count). The van der Waals surface area contributed by atoms with Crippen molar-refractivity contribution < 1.29 is 8.91 Å². The Morgan fingerprint density at radius 3 is 2.56 bits per heavy atom. The molecule has 1 saturated carbocycles. The molecule has 1 aromatic carbocycles. The summed E-state index contributed by atoms with van der Waals surface area (Å²) in [7, 11) is 0. The molecule has 0 atom stereocenters. The molecule has 6 heteroatoms. The number of halogens is 1. The summed E-state index contributed by atoms with van der Waals surface area (Å²) < 4.78 is 18.6. The Kier molecular flexibility index (Phi) is 6.14. The van der Waals surface area contributed by atoms with Crippen LogP contribution >= 0.6 is 0 Å². The highest BCUT2D eigenvalue weighted by atomic mass is 19.1. The number of hydrogen-bond donors (Lipinski definition) is 2. The van der Waals surface area contributed by atoms with Crippen LogP contribution in [-0.2, 0) is 12.0 Å². The molecule has 1 heterocycles. The molecule has 1 aliphatic rings. The summed E-state index contributed by atoms with van der Waals surface area (Å²) in [6.45, 7) is 8.22. The van der Waals surface area contributed by atoms with Crippen LogP contribution < -0.4 is 10.6 Å². The second-order valence-corrected chi connectivity index (χ2v) is 7.56. The molecular formula is C21H29FN4O. The SMILES string of the molecule is CCNC(=NCc1cc(C(C)C)no1)NCC1(c2ccc(F)cc2)CCC1. The number of aromatic nitrogens is 1. The molecule has 0 unspecified atom stereocenters. The minimum absolute atomic E-state index is 0.0565. The van der Waals surface area contributed by atoms with Crippen LogP contribution in [0.4, 0.5) is 4.39 Å². The van der Waals surface area contributed by atoms with E-state index in [2.05, 4.69) is 34.6 Å².